The number of nitrogens with zero attached hydrogens (tertiary/aromatic N) is 1. The third-order valence-corrected chi connectivity index (χ3v) is 7.51. The normalized spacial score (nSPS) is 15.1. The first-order valence-electron chi connectivity index (χ1n) is 12.9. The van der Waals surface area contributed by atoms with Crippen molar-refractivity contribution in [3.05, 3.63) is 75.7 Å². The molecule has 1 saturated carbocycles. The molecule has 4 rings (SSSR count). The maximum Gasteiger partial charge on any atom is 0.326 e. The first-order chi connectivity index (χ1) is 18.5. The van der Waals surface area contributed by atoms with Crippen molar-refractivity contribution < 1.29 is 28.9 Å². The minimum Gasteiger partial charge on any atom is -0.493 e. The number of aromatic nitrogens is 1. The van der Waals surface area contributed by atoms with Crippen LogP contribution in [0.4, 0.5) is 0 Å². The number of amides is 1. The predicted molar refractivity (Wildman–Crippen MR) is 145 cm³/mol. The van der Waals surface area contributed by atoms with E-state index >= 15 is 0 Å². The summed E-state index contributed by atoms with van der Waals surface area (Å²) < 4.78 is 17.9. The predicted octanol–water partition coefficient (Wildman–Crippen LogP) is 5.11. The Kier molecular flexibility index (Phi) is 9.73. The number of rotatable bonds is 13. The summed E-state index contributed by atoms with van der Waals surface area (Å²) in [5, 5.41) is 12.9. The van der Waals surface area contributed by atoms with Crippen LogP contribution in [0.5, 0.6) is 11.5 Å². The van der Waals surface area contributed by atoms with Crippen LogP contribution < -0.4 is 14.8 Å². The summed E-state index contributed by atoms with van der Waals surface area (Å²) in [6.07, 6.45) is 5.42. The minimum atomic E-state index is -1.19. The second kappa shape index (κ2) is 13.4. The van der Waals surface area contributed by atoms with E-state index in [9.17, 15) is 14.7 Å². The summed E-state index contributed by atoms with van der Waals surface area (Å²) >= 11 is 1.47. The molecule has 0 unspecified atom stereocenters. The number of hydrogen-bond donors (Lipinski definition) is 2. The number of ether oxygens (including phenoxy) is 3. The second-order valence-electron chi connectivity index (χ2n) is 9.28. The van der Waals surface area contributed by atoms with Crippen LogP contribution >= 0.6 is 11.3 Å². The Bertz CT molecular complexity index is 1200. The van der Waals surface area contributed by atoms with Gasteiger partial charge >= 0.3 is 5.97 Å². The van der Waals surface area contributed by atoms with Gasteiger partial charge in [0.25, 0.3) is 5.91 Å². The van der Waals surface area contributed by atoms with Crippen molar-refractivity contribution in [1.82, 2.24) is 10.3 Å². The molecule has 0 saturated heterocycles. The fourth-order valence-electron chi connectivity index (χ4n) is 4.77. The number of thiazole rings is 1. The molecular formula is C29H34N2O6S. The zero-order valence-corrected chi connectivity index (χ0v) is 22.5. The third kappa shape index (κ3) is 6.90. The molecule has 2 N–H and O–H groups in total. The highest BCUT2D eigenvalue weighted by molar-refractivity contribution is 7.09. The maximum absolute atomic E-state index is 13.5. The molecule has 2 aromatic carbocycles. The maximum atomic E-state index is 13.5. The molecule has 0 bridgehead atoms. The van der Waals surface area contributed by atoms with Crippen molar-refractivity contribution in [3.8, 4) is 11.5 Å². The molecule has 38 heavy (non-hydrogen) atoms. The summed E-state index contributed by atoms with van der Waals surface area (Å²) in [5.41, 5.74) is 4.04. The van der Waals surface area contributed by atoms with Gasteiger partial charge in [-0.3, -0.25) is 9.78 Å². The molecule has 3 aromatic rings. The Morgan fingerprint density at radius 3 is 2.55 bits per heavy atom. The van der Waals surface area contributed by atoms with E-state index in [0.717, 1.165) is 36.1 Å². The van der Waals surface area contributed by atoms with Crippen molar-refractivity contribution >= 4 is 23.2 Å². The van der Waals surface area contributed by atoms with Crippen LogP contribution in [0.15, 0.2) is 54.2 Å². The largest absolute Gasteiger partial charge is 0.493 e. The van der Waals surface area contributed by atoms with E-state index in [0.29, 0.717) is 29.0 Å². The van der Waals surface area contributed by atoms with Gasteiger partial charge in [-0.25, -0.2) is 4.79 Å². The van der Waals surface area contributed by atoms with Gasteiger partial charge in [-0.2, -0.15) is 0 Å². The Morgan fingerprint density at radius 2 is 1.92 bits per heavy atom. The lowest BCUT2D eigenvalue weighted by Crippen LogP contribution is -2.45. The Balaban J connectivity index is 1.59. The highest BCUT2D eigenvalue weighted by Gasteiger charge is 2.31. The van der Waals surface area contributed by atoms with Crippen LogP contribution in [-0.4, -0.2) is 41.2 Å². The van der Waals surface area contributed by atoms with E-state index in [2.05, 4.69) is 10.3 Å². The summed E-state index contributed by atoms with van der Waals surface area (Å²) in [7, 11) is 1.55. The van der Waals surface area contributed by atoms with E-state index in [-0.39, 0.29) is 19.1 Å². The van der Waals surface area contributed by atoms with Crippen LogP contribution in [0.3, 0.4) is 0 Å². The van der Waals surface area contributed by atoms with Gasteiger partial charge < -0.3 is 24.6 Å². The number of methoxy groups -OCH3 is 1. The topological polar surface area (TPSA) is 107 Å². The first kappa shape index (κ1) is 27.6. The lowest BCUT2D eigenvalue weighted by atomic mass is 9.96. The van der Waals surface area contributed by atoms with Crippen molar-refractivity contribution in [2.75, 3.05) is 7.11 Å². The number of benzene rings is 2. The third-order valence-electron chi connectivity index (χ3n) is 6.76. The van der Waals surface area contributed by atoms with Crippen molar-refractivity contribution in [1.29, 1.82) is 0 Å². The number of carbonyl (C=O) groups excluding carboxylic acids is 1. The molecule has 202 valence electrons. The molecule has 1 aliphatic carbocycles. The van der Waals surface area contributed by atoms with Gasteiger partial charge in [-0.05, 0) is 36.5 Å². The van der Waals surface area contributed by atoms with Crippen molar-refractivity contribution in [2.24, 2.45) is 0 Å². The average Bonchev–Trinajstić information content (AvgIpc) is 3.65. The van der Waals surface area contributed by atoms with Crippen molar-refractivity contribution in [2.45, 2.75) is 70.3 Å². The molecule has 1 aliphatic rings. The molecule has 1 fully saturated rings. The van der Waals surface area contributed by atoms with E-state index in [1.807, 2.05) is 49.4 Å². The molecule has 2 atom stereocenters. The zero-order chi connectivity index (χ0) is 26.9. The molecule has 0 aliphatic heterocycles. The number of carboxylic acid groups (broad SMARTS) is 1. The number of aliphatic carboxylic acids is 1. The van der Waals surface area contributed by atoms with Gasteiger partial charge in [-0.15, -0.1) is 11.3 Å². The monoisotopic (exact) mass is 538 g/mol. The standard InChI is InChI=1S/C29H34N2O6S/c1-3-19-13-14-25(35-2)27(36-17-22-16-30-18-38-22)23(19)15-24(29(33)34)31-28(32)26(20-9-5-4-6-10-20)37-21-11-7-8-12-21/h4-6,9-10,13-14,16,18,21,24,26H,3,7-8,11-12,15,17H2,1-2H3,(H,31,32)(H,33,34)/t24-,26+/m0/s1. The Labute approximate surface area is 227 Å². The second-order valence-corrected chi connectivity index (χ2v) is 10.3. The lowest BCUT2D eigenvalue weighted by molar-refractivity contribution is -0.146. The van der Waals surface area contributed by atoms with Gasteiger partial charge in [0.15, 0.2) is 17.6 Å². The van der Waals surface area contributed by atoms with Crippen LogP contribution in [0.2, 0.25) is 0 Å². The first-order valence-corrected chi connectivity index (χ1v) is 13.8. The smallest absolute Gasteiger partial charge is 0.326 e. The number of carbonyl (C=O) groups is 2. The highest BCUT2D eigenvalue weighted by atomic mass is 32.1. The van der Waals surface area contributed by atoms with Gasteiger partial charge in [-0.1, -0.05) is 56.2 Å². The molecule has 1 aromatic heterocycles. The van der Waals surface area contributed by atoms with Gasteiger partial charge in [0.05, 0.1) is 23.6 Å². The summed E-state index contributed by atoms with van der Waals surface area (Å²) in [4.78, 5) is 31.0. The Morgan fingerprint density at radius 1 is 1.16 bits per heavy atom. The van der Waals surface area contributed by atoms with Crippen molar-refractivity contribution in [3.63, 3.8) is 0 Å². The van der Waals surface area contributed by atoms with Gasteiger partial charge in [0.1, 0.15) is 12.6 Å². The molecule has 0 radical (unpaired) electrons. The quantitative estimate of drug-likeness (QED) is 0.312. The van der Waals surface area contributed by atoms with Crippen LogP contribution in [-0.2, 0) is 33.8 Å². The number of nitrogens with one attached hydrogen (secondary N) is 1. The Hall–Kier alpha value is -3.43. The molecule has 9 heteroatoms. The number of hydrogen-bond acceptors (Lipinski definition) is 7. The molecule has 1 amide bonds. The van der Waals surface area contributed by atoms with Gasteiger partial charge in [0, 0.05) is 18.2 Å². The van der Waals surface area contributed by atoms with E-state index in [1.54, 1.807) is 18.8 Å². The van der Waals surface area contributed by atoms with Crippen LogP contribution in [0, 0.1) is 0 Å². The summed E-state index contributed by atoms with van der Waals surface area (Å²) in [5.74, 6) is -0.626. The highest BCUT2D eigenvalue weighted by Crippen LogP contribution is 2.36. The fraction of sp³-hybridized carbons (Fsp3) is 0.414. The lowest BCUT2D eigenvalue weighted by Gasteiger charge is -2.25. The molecule has 0 spiro atoms. The van der Waals surface area contributed by atoms with E-state index < -0.39 is 24.0 Å². The van der Waals surface area contributed by atoms with Crippen LogP contribution in [0.1, 0.15) is 60.3 Å². The van der Waals surface area contributed by atoms with Gasteiger partial charge in [0.2, 0.25) is 0 Å². The molecule has 8 nitrogen and oxygen atoms in total. The fourth-order valence-corrected chi connectivity index (χ4v) is 5.27. The molecule has 1 heterocycles. The van der Waals surface area contributed by atoms with E-state index in [4.69, 9.17) is 14.2 Å². The average molecular weight is 539 g/mol. The summed E-state index contributed by atoms with van der Waals surface area (Å²) in [6, 6.07) is 11.8. The molecular weight excluding hydrogens is 504 g/mol. The number of carboxylic acids is 1. The summed E-state index contributed by atoms with van der Waals surface area (Å²) in [6.45, 7) is 2.27. The number of aryl methyl sites for hydroxylation is 1. The minimum absolute atomic E-state index is 0.0222. The zero-order valence-electron chi connectivity index (χ0n) is 21.7. The van der Waals surface area contributed by atoms with Crippen LogP contribution in [0.25, 0.3) is 0 Å². The SMILES string of the molecule is CCc1ccc(OC)c(OCc2cncs2)c1C[C@H](NC(=O)[C@H](OC1CCCC1)c1ccccc1)C(=O)O. The van der Waals surface area contributed by atoms with E-state index in [1.165, 1.54) is 11.3 Å².